The second kappa shape index (κ2) is 5.04. The second-order valence-electron chi connectivity index (χ2n) is 5.94. The molecule has 6 heteroatoms. The van der Waals surface area contributed by atoms with E-state index >= 15 is 0 Å². The van der Waals surface area contributed by atoms with Crippen LogP contribution in [0.3, 0.4) is 0 Å². The molecule has 0 fully saturated rings. The van der Waals surface area contributed by atoms with Crippen LogP contribution in [0.4, 0.5) is 0 Å². The number of nitrogens with one attached hydrogen (secondary N) is 1. The first-order chi connectivity index (χ1) is 12.3. The Balaban J connectivity index is 1.90. The molecule has 1 aromatic carbocycles. The van der Waals surface area contributed by atoms with E-state index in [1.165, 1.54) is 0 Å². The van der Waals surface area contributed by atoms with Gasteiger partial charge in [-0.15, -0.1) is 0 Å². The summed E-state index contributed by atoms with van der Waals surface area (Å²) in [5, 5.41) is 1.01. The number of aromatic nitrogens is 5. The first-order valence-corrected chi connectivity index (χ1v) is 8.01. The molecule has 0 amide bonds. The van der Waals surface area contributed by atoms with E-state index in [0.29, 0.717) is 0 Å². The molecule has 0 spiro atoms. The number of hydrogen-bond donors (Lipinski definition) is 1. The molecule has 6 nitrogen and oxygen atoms in total. The minimum absolute atomic E-state index is 0.755. The van der Waals surface area contributed by atoms with Gasteiger partial charge in [0.15, 0.2) is 5.65 Å². The van der Waals surface area contributed by atoms with Gasteiger partial charge in [-0.3, -0.25) is 9.38 Å². The van der Waals surface area contributed by atoms with E-state index in [-0.39, 0.29) is 0 Å². The third-order valence-electron chi connectivity index (χ3n) is 4.56. The van der Waals surface area contributed by atoms with E-state index in [9.17, 15) is 0 Å². The van der Waals surface area contributed by atoms with Gasteiger partial charge in [-0.25, -0.2) is 9.97 Å². The average Bonchev–Trinajstić information content (AvgIpc) is 3.27. The molecule has 1 N–H and O–H groups in total. The lowest BCUT2D eigenvalue weighted by Crippen LogP contribution is -1.94. The van der Waals surface area contributed by atoms with Crippen molar-refractivity contribution < 1.29 is 4.74 Å². The largest absolute Gasteiger partial charge is 0.494 e. The van der Waals surface area contributed by atoms with Crippen molar-refractivity contribution in [2.75, 3.05) is 7.11 Å². The first-order valence-electron chi connectivity index (χ1n) is 8.01. The van der Waals surface area contributed by atoms with Crippen molar-refractivity contribution in [1.82, 2.24) is 24.3 Å². The second-order valence-corrected chi connectivity index (χ2v) is 5.94. The van der Waals surface area contributed by atoms with Crippen LogP contribution in [0.25, 0.3) is 38.8 Å². The van der Waals surface area contributed by atoms with Crippen molar-refractivity contribution >= 4 is 27.6 Å². The molecule has 0 aliphatic carbocycles. The van der Waals surface area contributed by atoms with Crippen LogP contribution >= 0.6 is 0 Å². The zero-order chi connectivity index (χ0) is 17.0. The topological polar surface area (TPSA) is 68.1 Å². The Kier molecular flexibility index (Phi) is 2.82. The summed E-state index contributed by atoms with van der Waals surface area (Å²) in [6.45, 7) is 2.00. The summed E-state index contributed by atoms with van der Waals surface area (Å²) in [6, 6.07) is 9.95. The molecular formula is C19H15N5O. The summed E-state index contributed by atoms with van der Waals surface area (Å²) in [6.07, 6.45) is 5.51. The fourth-order valence-electron chi connectivity index (χ4n) is 3.45. The summed E-state index contributed by atoms with van der Waals surface area (Å²) in [4.78, 5) is 17.0. The van der Waals surface area contributed by atoms with Gasteiger partial charge in [-0.05, 0) is 31.2 Å². The summed E-state index contributed by atoms with van der Waals surface area (Å²) >= 11 is 0. The van der Waals surface area contributed by atoms with Gasteiger partial charge in [0.2, 0.25) is 0 Å². The van der Waals surface area contributed by atoms with Crippen molar-refractivity contribution in [3.8, 4) is 17.0 Å². The molecule has 0 aliphatic heterocycles. The van der Waals surface area contributed by atoms with Gasteiger partial charge in [0, 0.05) is 23.3 Å². The number of rotatable bonds is 2. The SMILES string of the molecule is COc1ccc(-c2ncn3c2c(C)nc2[nH]ccc23)c2cccnc12. The van der Waals surface area contributed by atoms with E-state index in [4.69, 9.17) is 9.72 Å². The van der Waals surface area contributed by atoms with Gasteiger partial charge in [-0.1, -0.05) is 6.07 Å². The van der Waals surface area contributed by atoms with Gasteiger partial charge < -0.3 is 9.72 Å². The Morgan fingerprint density at radius 2 is 2.04 bits per heavy atom. The molecule has 0 saturated heterocycles. The molecule has 0 radical (unpaired) electrons. The van der Waals surface area contributed by atoms with Gasteiger partial charge >= 0.3 is 0 Å². The number of aromatic amines is 1. The predicted octanol–water partition coefficient (Wildman–Crippen LogP) is 3.74. The average molecular weight is 329 g/mol. The zero-order valence-electron chi connectivity index (χ0n) is 13.8. The Bertz CT molecular complexity index is 1250. The third-order valence-corrected chi connectivity index (χ3v) is 4.56. The van der Waals surface area contributed by atoms with Gasteiger partial charge in [0.25, 0.3) is 0 Å². The van der Waals surface area contributed by atoms with Crippen molar-refractivity contribution in [3.63, 3.8) is 0 Å². The molecule has 0 atom stereocenters. The van der Waals surface area contributed by atoms with Crippen molar-refractivity contribution in [2.24, 2.45) is 0 Å². The molecular weight excluding hydrogens is 314 g/mol. The maximum atomic E-state index is 5.45. The number of fused-ring (bicyclic) bond motifs is 4. The van der Waals surface area contributed by atoms with Crippen molar-refractivity contribution in [2.45, 2.75) is 6.92 Å². The number of imidazole rings is 1. The lowest BCUT2D eigenvalue weighted by molar-refractivity contribution is 0.419. The molecule has 0 aliphatic rings. The van der Waals surface area contributed by atoms with Crippen LogP contribution in [0.15, 0.2) is 49.1 Å². The zero-order valence-corrected chi connectivity index (χ0v) is 13.8. The van der Waals surface area contributed by atoms with Gasteiger partial charge in [0.05, 0.1) is 29.5 Å². The third kappa shape index (κ3) is 1.88. The highest BCUT2D eigenvalue weighted by Crippen LogP contribution is 2.35. The molecule has 122 valence electrons. The summed E-state index contributed by atoms with van der Waals surface area (Å²) < 4.78 is 7.53. The summed E-state index contributed by atoms with van der Waals surface area (Å²) in [5.41, 5.74) is 6.54. The standard InChI is InChI=1S/C19H15N5O/c1-11-18-17(22-10-24(18)14-7-9-21-19(14)23-11)13-5-6-15(25-2)16-12(13)4-3-8-20-16/h3-10,21H,1-2H3. The Hall–Kier alpha value is -3.41. The van der Waals surface area contributed by atoms with Gasteiger partial charge in [0.1, 0.15) is 17.6 Å². The summed E-state index contributed by atoms with van der Waals surface area (Å²) in [5.74, 6) is 0.755. The molecule has 0 unspecified atom stereocenters. The van der Waals surface area contributed by atoms with E-state index in [1.807, 2.05) is 49.8 Å². The fourth-order valence-corrected chi connectivity index (χ4v) is 3.45. The maximum absolute atomic E-state index is 5.45. The van der Waals surface area contributed by atoms with E-state index in [2.05, 4.69) is 19.4 Å². The maximum Gasteiger partial charge on any atom is 0.154 e. The molecule has 0 bridgehead atoms. The normalized spacial score (nSPS) is 11.6. The van der Waals surface area contributed by atoms with Gasteiger partial charge in [-0.2, -0.15) is 0 Å². The van der Waals surface area contributed by atoms with Crippen molar-refractivity contribution in [3.05, 3.63) is 54.7 Å². The minimum atomic E-state index is 0.755. The number of H-pyrrole nitrogens is 1. The van der Waals surface area contributed by atoms with Crippen LogP contribution < -0.4 is 4.74 Å². The monoisotopic (exact) mass is 329 g/mol. The Morgan fingerprint density at radius 1 is 1.12 bits per heavy atom. The van der Waals surface area contributed by atoms with Crippen LogP contribution in [-0.4, -0.2) is 31.4 Å². The summed E-state index contributed by atoms with van der Waals surface area (Å²) in [7, 11) is 1.66. The molecule has 25 heavy (non-hydrogen) atoms. The quantitative estimate of drug-likeness (QED) is 0.536. The molecule has 4 aromatic heterocycles. The van der Waals surface area contributed by atoms with Crippen LogP contribution in [0, 0.1) is 6.92 Å². The highest BCUT2D eigenvalue weighted by atomic mass is 16.5. The fraction of sp³-hybridized carbons (Fsp3) is 0.105. The van der Waals surface area contributed by atoms with E-state index in [0.717, 1.165) is 50.3 Å². The van der Waals surface area contributed by atoms with Crippen LogP contribution in [-0.2, 0) is 0 Å². The predicted molar refractivity (Wildman–Crippen MR) is 96.9 cm³/mol. The van der Waals surface area contributed by atoms with Crippen molar-refractivity contribution in [1.29, 1.82) is 0 Å². The molecule has 5 rings (SSSR count). The number of hydrogen-bond acceptors (Lipinski definition) is 4. The lowest BCUT2D eigenvalue weighted by atomic mass is 10.0. The number of methoxy groups -OCH3 is 1. The van der Waals surface area contributed by atoms with Crippen LogP contribution in [0.5, 0.6) is 5.75 Å². The number of aryl methyl sites for hydroxylation is 1. The van der Waals surface area contributed by atoms with E-state index < -0.39 is 0 Å². The molecule has 5 aromatic rings. The Morgan fingerprint density at radius 3 is 2.92 bits per heavy atom. The number of benzene rings is 1. The number of pyridine rings is 1. The smallest absolute Gasteiger partial charge is 0.154 e. The Labute approximate surface area is 143 Å². The number of nitrogens with zero attached hydrogens (tertiary/aromatic N) is 4. The lowest BCUT2D eigenvalue weighted by Gasteiger charge is -2.09. The van der Waals surface area contributed by atoms with E-state index in [1.54, 1.807) is 13.3 Å². The molecule has 4 heterocycles. The molecule has 0 saturated carbocycles. The van der Waals surface area contributed by atoms with Crippen LogP contribution in [0.1, 0.15) is 5.69 Å². The highest BCUT2D eigenvalue weighted by molar-refractivity contribution is 6.01. The number of ether oxygens (including phenoxy) is 1. The highest BCUT2D eigenvalue weighted by Gasteiger charge is 2.17. The first kappa shape index (κ1) is 14.0. The minimum Gasteiger partial charge on any atom is -0.494 e. The van der Waals surface area contributed by atoms with Crippen LogP contribution in [0.2, 0.25) is 0 Å².